The molecular weight excluding hydrogens is 232 g/mol. The monoisotopic (exact) mass is 254 g/mol. The van der Waals surface area contributed by atoms with Crippen molar-refractivity contribution in [1.82, 2.24) is 10.9 Å². The van der Waals surface area contributed by atoms with Crippen LogP contribution in [-0.4, -0.2) is 0 Å². The van der Waals surface area contributed by atoms with E-state index in [0.29, 0.717) is 0 Å². The molecule has 0 aliphatic carbocycles. The number of hydrazine groups is 1. The van der Waals surface area contributed by atoms with Crippen LogP contribution in [0.3, 0.4) is 0 Å². The molecule has 2 aromatic rings. The highest BCUT2D eigenvalue weighted by molar-refractivity contribution is 5.23. The summed E-state index contributed by atoms with van der Waals surface area (Å²) in [5, 5.41) is 0. The van der Waals surface area contributed by atoms with Crippen molar-refractivity contribution < 1.29 is 0 Å². The Morgan fingerprint density at radius 1 is 0.895 bits per heavy atom. The second kappa shape index (κ2) is 6.50. The van der Waals surface area contributed by atoms with Gasteiger partial charge in [-0.3, -0.25) is 5.43 Å². The quantitative estimate of drug-likeness (QED) is 0.770. The minimum atomic E-state index is -0.0456. The van der Waals surface area contributed by atoms with Gasteiger partial charge in [0.1, 0.15) is 0 Å². The summed E-state index contributed by atoms with van der Waals surface area (Å²) in [5.74, 6) is 0. The van der Waals surface area contributed by atoms with E-state index in [1.165, 1.54) is 11.1 Å². The van der Waals surface area contributed by atoms with E-state index in [9.17, 15) is 0 Å². The minimum Gasteiger partial charge on any atom is -0.253 e. The minimum absolute atomic E-state index is 0.0456. The van der Waals surface area contributed by atoms with Gasteiger partial charge in [0.05, 0.1) is 5.54 Å². The van der Waals surface area contributed by atoms with E-state index in [0.717, 1.165) is 13.0 Å². The molecule has 2 rings (SSSR count). The summed E-state index contributed by atoms with van der Waals surface area (Å²) in [4.78, 5) is 0. The molecule has 0 aliphatic rings. The summed E-state index contributed by atoms with van der Waals surface area (Å²) in [6, 6.07) is 21.0. The van der Waals surface area contributed by atoms with Gasteiger partial charge in [-0.15, -0.1) is 0 Å². The van der Waals surface area contributed by atoms with Gasteiger partial charge in [0.25, 0.3) is 0 Å². The van der Waals surface area contributed by atoms with Crippen LogP contribution in [-0.2, 0) is 12.1 Å². The van der Waals surface area contributed by atoms with Crippen molar-refractivity contribution in [2.24, 2.45) is 0 Å². The van der Waals surface area contributed by atoms with E-state index in [4.69, 9.17) is 0 Å². The number of hydrogen-bond donors (Lipinski definition) is 2. The van der Waals surface area contributed by atoms with Crippen LogP contribution < -0.4 is 10.9 Å². The van der Waals surface area contributed by atoms with Crippen molar-refractivity contribution in [3.05, 3.63) is 71.8 Å². The van der Waals surface area contributed by atoms with Crippen LogP contribution >= 0.6 is 0 Å². The number of hydrogen-bond acceptors (Lipinski definition) is 2. The van der Waals surface area contributed by atoms with Gasteiger partial charge >= 0.3 is 0 Å². The van der Waals surface area contributed by atoms with E-state index in [-0.39, 0.29) is 5.54 Å². The lowest BCUT2D eigenvalue weighted by molar-refractivity contribution is 0.298. The van der Waals surface area contributed by atoms with Crippen LogP contribution in [0.2, 0.25) is 0 Å². The predicted octanol–water partition coefficient (Wildman–Crippen LogP) is 3.61. The molecule has 0 fully saturated rings. The van der Waals surface area contributed by atoms with E-state index in [2.05, 4.69) is 79.3 Å². The molecular formula is C17H22N2. The van der Waals surface area contributed by atoms with Crippen molar-refractivity contribution in [2.45, 2.75) is 32.4 Å². The highest BCUT2D eigenvalue weighted by atomic mass is 15.4. The SMILES string of the molecule is CCC(C)(NNCc1ccccc1)c1ccccc1. The zero-order valence-electron chi connectivity index (χ0n) is 11.7. The first-order valence-corrected chi connectivity index (χ1v) is 6.84. The maximum atomic E-state index is 3.46. The molecule has 100 valence electrons. The molecule has 2 N–H and O–H groups in total. The summed E-state index contributed by atoms with van der Waals surface area (Å²) < 4.78 is 0. The molecule has 0 spiro atoms. The third-order valence-corrected chi connectivity index (χ3v) is 3.62. The number of benzene rings is 2. The molecule has 2 nitrogen and oxygen atoms in total. The van der Waals surface area contributed by atoms with Crippen molar-refractivity contribution in [1.29, 1.82) is 0 Å². The van der Waals surface area contributed by atoms with Gasteiger partial charge in [0.15, 0.2) is 0 Å². The molecule has 2 aromatic carbocycles. The molecule has 0 aromatic heterocycles. The Bertz CT molecular complexity index is 481. The zero-order chi connectivity index (χ0) is 13.6. The smallest absolute Gasteiger partial charge is 0.0541 e. The standard InChI is InChI=1S/C17H22N2/c1-3-17(2,16-12-8-5-9-13-16)19-18-14-15-10-6-4-7-11-15/h4-13,18-19H,3,14H2,1-2H3. The Balaban J connectivity index is 1.96. The Hall–Kier alpha value is -1.64. The van der Waals surface area contributed by atoms with Crippen LogP contribution in [0.15, 0.2) is 60.7 Å². The summed E-state index contributed by atoms with van der Waals surface area (Å²) >= 11 is 0. The molecule has 0 radical (unpaired) electrons. The molecule has 0 saturated carbocycles. The predicted molar refractivity (Wildman–Crippen MR) is 80.5 cm³/mol. The van der Waals surface area contributed by atoms with Crippen LogP contribution in [0.1, 0.15) is 31.4 Å². The lowest BCUT2D eigenvalue weighted by atomic mass is 9.90. The normalized spacial score (nSPS) is 14.0. The first-order chi connectivity index (χ1) is 9.24. The van der Waals surface area contributed by atoms with Gasteiger partial charge in [0.2, 0.25) is 0 Å². The first-order valence-electron chi connectivity index (χ1n) is 6.84. The summed E-state index contributed by atoms with van der Waals surface area (Å²) in [6.45, 7) is 5.24. The second-order valence-electron chi connectivity index (χ2n) is 5.02. The fourth-order valence-corrected chi connectivity index (χ4v) is 2.11. The molecule has 1 atom stereocenters. The third kappa shape index (κ3) is 3.66. The van der Waals surface area contributed by atoms with E-state index < -0.39 is 0 Å². The highest BCUT2D eigenvalue weighted by Gasteiger charge is 2.23. The van der Waals surface area contributed by atoms with Gasteiger partial charge in [0, 0.05) is 6.54 Å². The fraction of sp³-hybridized carbons (Fsp3) is 0.294. The maximum absolute atomic E-state index is 3.46. The van der Waals surface area contributed by atoms with Crippen molar-refractivity contribution in [3.8, 4) is 0 Å². The van der Waals surface area contributed by atoms with E-state index >= 15 is 0 Å². The van der Waals surface area contributed by atoms with Crippen molar-refractivity contribution in [3.63, 3.8) is 0 Å². The summed E-state index contributed by atoms with van der Waals surface area (Å²) in [5.41, 5.74) is 9.34. The summed E-state index contributed by atoms with van der Waals surface area (Å²) in [7, 11) is 0. The average Bonchev–Trinajstić information content (AvgIpc) is 2.49. The van der Waals surface area contributed by atoms with Gasteiger partial charge in [-0.1, -0.05) is 67.6 Å². The first kappa shape index (κ1) is 13.8. The maximum Gasteiger partial charge on any atom is 0.0541 e. The molecule has 0 heterocycles. The van der Waals surface area contributed by atoms with Crippen molar-refractivity contribution >= 4 is 0 Å². The van der Waals surface area contributed by atoms with Crippen LogP contribution in [0, 0.1) is 0 Å². The van der Waals surface area contributed by atoms with Gasteiger partial charge in [-0.25, -0.2) is 5.43 Å². The van der Waals surface area contributed by atoms with E-state index in [1.54, 1.807) is 0 Å². The fourth-order valence-electron chi connectivity index (χ4n) is 2.11. The number of nitrogens with one attached hydrogen (secondary N) is 2. The van der Waals surface area contributed by atoms with Crippen molar-refractivity contribution in [2.75, 3.05) is 0 Å². The van der Waals surface area contributed by atoms with Gasteiger partial charge < -0.3 is 0 Å². The molecule has 0 aliphatic heterocycles. The number of rotatable bonds is 6. The van der Waals surface area contributed by atoms with Crippen LogP contribution in [0.4, 0.5) is 0 Å². The van der Waals surface area contributed by atoms with Crippen LogP contribution in [0.5, 0.6) is 0 Å². The Morgan fingerprint density at radius 2 is 1.47 bits per heavy atom. The van der Waals surface area contributed by atoms with Crippen LogP contribution in [0.25, 0.3) is 0 Å². The van der Waals surface area contributed by atoms with Gasteiger partial charge in [-0.2, -0.15) is 0 Å². The Kier molecular flexibility index (Phi) is 4.72. The largest absolute Gasteiger partial charge is 0.253 e. The summed E-state index contributed by atoms with van der Waals surface area (Å²) in [6.07, 6.45) is 1.03. The average molecular weight is 254 g/mol. The zero-order valence-corrected chi connectivity index (χ0v) is 11.7. The third-order valence-electron chi connectivity index (χ3n) is 3.62. The molecule has 0 bridgehead atoms. The Labute approximate surface area is 115 Å². The Morgan fingerprint density at radius 3 is 2.05 bits per heavy atom. The lowest BCUT2D eigenvalue weighted by Gasteiger charge is -2.30. The molecule has 0 saturated heterocycles. The molecule has 0 amide bonds. The highest BCUT2D eigenvalue weighted by Crippen LogP contribution is 2.23. The molecule has 19 heavy (non-hydrogen) atoms. The molecule has 1 unspecified atom stereocenters. The van der Waals surface area contributed by atoms with Gasteiger partial charge in [-0.05, 0) is 24.5 Å². The lowest BCUT2D eigenvalue weighted by Crippen LogP contribution is -2.47. The molecule has 2 heteroatoms. The topological polar surface area (TPSA) is 24.1 Å². The second-order valence-corrected chi connectivity index (χ2v) is 5.02. The van der Waals surface area contributed by atoms with E-state index in [1.807, 2.05) is 6.07 Å².